The molecular weight excluding hydrogens is 367 g/mol. The fraction of sp³-hybridized carbons (Fsp3) is 0.900. The van der Waals surface area contributed by atoms with Gasteiger partial charge in [0.1, 0.15) is 0 Å². The maximum Gasteiger partial charge on any atom is -0.0274 e. The third kappa shape index (κ3) is 20.5. The van der Waals surface area contributed by atoms with Crippen LogP contribution in [-0.2, 0) is 0 Å². The van der Waals surface area contributed by atoms with Gasteiger partial charge in [0.2, 0.25) is 0 Å². The molecule has 0 saturated heterocycles. The van der Waals surface area contributed by atoms with Crippen molar-refractivity contribution in [1.82, 2.24) is 0 Å². The maximum absolute atomic E-state index is 2.31. The van der Waals surface area contributed by atoms with Crippen LogP contribution in [0.3, 0.4) is 0 Å². The molecule has 0 rings (SSSR count). The number of allylic oxidation sites excluding steroid dienone is 1. The van der Waals surface area contributed by atoms with E-state index in [1.807, 2.05) is 0 Å². The molecule has 0 atom stereocenters. The van der Waals surface area contributed by atoms with Gasteiger partial charge in [0.15, 0.2) is 0 Å². The highest BCUT2D eigenvalue weighted by molar-refractivity contribution is 14.1. The molecule has 0 N–H and O–H groups in total. The molecule has 0 aliphatic heterocycles. The predicted octanol–water partition coefficient (Wildman–Crippen LogP) is 8.59. The van der Waals surface area contributed by atoms with Gasteiger partial charge in [0.25, 0.3) is 0 Å². The minimum absolute atomic E-state index is 1.28. The van der Waals surface area contributed by atoms with Gasteiger partial charge < -0.3 is 0 Å². The molecule has 0 bridgehead atoms. The van der Waals surface area contributed by atoms with E-state index in [-0.39, 0.29) is 0 Å². The Morgan fingerprint density at radius 1 is 0.524 bits per heavy atom. The summed E-state index contributed by atoms with van der Waals surface area (Å²) < 4.78 is 2.14. The Kier molecular flexibility index (Phi) is 20.9. The van der Waals surface area contributed by atoms with Crippen LogP contribution in [0.15, 0.2) is 10.2 Å². The van der Waals surface area contributed by atoms with Crippen molar-refractivity contribution in [3.63, 3.8) is 0 Å². The summed E-state index contributed by atoms with van der Waals surface area (Å²) in [7, 11) is 0. The minimum atomic E-state index is 1.28. The van der Waals surface area contributed by atoms with Gasteiger partial charge in [-0.1, -0.05) is 132 Å². The Morgan fingerprint density at radius 3 is 1.19 bits per heavy atom. The van der Waals surface area contributed by atoms with Gasteiger partial charge in [0, 0.05) is 0 Å². The lowest BCUT2D eigenvalue weighted by atomic mass is 10.0. The van der Waals surface area contributed by atoms with Crippen molar-refractivity contribution in [2.45, 2.75) is 116 Å². The monoisotopic (exact) mass is 406 g/mol. The summed E-state index contributed by atoms with van der Waals surface area (Å²) in [5.41, 5.74) is 0. The molecule has 0 saturated carbocycles. The van der Waals surface area contributed by atoms with E-state index in [0.29, 0.717) is 0 Å². The van der Waals surface area contributed by atoms with Gasteiger partial charge in [-0.05, 0) is 16.9 Å². The summed E-state index contributed by atoms with van der Waals surface area (Å²) in [4.78, 5) is 0. The predicted molar refractivity (Wildman–Crippen MR) is 107 cm³/mol. The number of rotatable bonds is 17. The van der Waals surface area contributed by atoms with Crippen LogP contribution in [0, 0.1) is 0 Å². The normalized spacial score (nSPS) is 11.5. The first kappa shape index (κ1) is 21.5. The first-order valence-corrected chi connectivity index (χ1v) is 10.9. The quantitative estimate of drug-likeness (QED) is 0.168. The van der Waals surface area contributed by atoms with Gasteiger partial charge in [-0.15, -0.1) is 0 Å². The molecule has 0 aromatic carbocycles. The summed E-state index contributed by atoms with van der Waals surface area (Å²) in [6, 6.07) is 0. The summed E-state index contributed by atoms with van der Waals surface area (Å²) in [6.07, 6.45) is 26.9. The molecule has 0 spiro atoms. The average Bonchev–Trinajstić information content (AvgIpc) is 2.50. The molecule has 0 fully saturated rings. The summed E-state index contributed by atoms with van der Waals surface area (Å²) in [5, 5.41) is 0. The molecule has 0 amide bonds. The zero-order valence-corrected chi connectivity index (χ0v) is 16.7. The molecule has 0 aliphatic rings. The van der Waals surface area contributed by atoms with E-state index < -0.39 is 0 Å². The second kappa shape index (κ2) is 20.5. The van der Waals surface area contributed by atoms with E-state index in [1.165, 1.54) is 109 Å². The maximum atomic E-state index is 2.31. The summed E-state index contributed by atoms with van der Waals surface area (Å²) in [6.45, 7) is 2.30. The molecule has 21 heavy (non-hydrogen) atoms. The number of hydrogen-bond donors (Lipinski definition) is 0. The molecule has 126 valence electrons. The smallest absolute Gasteiger partial charge is 0.0274 e. The lowest BCUT2D eigenvalue weighted by molar-refractivity contribution is 0.530. The summed E-state index contributed by atoms with van der Waals surface area (Å²) in [5.74, 6) is 0. The fourth-order valence-corrected chi connectivity index (χ4v) is 3.23. The lowest BCUT2D eigenvalue weighted by Crippen LogP contribution is -1.83. The van der Waals surface area contributed by atoms with Crippen LogP contribution in [0.4, 0.5) is 0 Å². The third-order valence-electron chi connectivity index (χ3n) is 4.31. The van der Waals surface area contributed by atoms with Crippen LogP contribution < -0.4 is 0 Å². The van der Waals surface area contributed by atoms with E-state index >= 15 is 0 Å². The first-order valence-electron chi connectivity index (χ1n) is 9.67. The van der Waals surface area contributed by atoms with E-state index in [2.05, 4.69) is 39.7 Å². The van der Waals surface area contributed by atoms with Crippen molar-refractivity contribution in [3.8, 4) is 0 Å². The Balaban J connectivity index is 2.93. The molecule has 0 aromatic rings. The van der Waals surface area contributed by atoms with Crippen LogP contribution >= 0.6 is 22.6 Å². The van der Waals surface area contributed by atoms with Gasteiger partial charge >= 0.3 is 0 Å². The molecule has 0 heterocycles. The average molecular weight is 406 g/mol. The van der Waals surface area contributed by atoms with Crippen LogP contribution in [0.1, 0.15) is 116 Å². The largest absolute Gasteiger partial charge is 0.0785 e. The molecule has 0 nitrogen and oxygen atoms in total. The molecule has 0 unspecified atom stereocenters. The van der Waals surface area contributed by atoms with Crippen LogP contribution in [0.25, 0.3) is 0 Å². The highest BCUT2D eigenvalue weighted by Gasteiger charge is 1.94. The molecule has 0 aromatic heterocycles. The lowest BCUT2D eigenvalue weighted by Gasteiger charge is -2.03. The van der Waals surface area contributed by atoms with Crippen LogP contribution in [-0.4, -0.2) is 0 Å². The Morgan fingerprint density at radius 2 is 0.857 bits per heavy atom. The second-order valence-electron chi connectivity index (χ2n) is 6.45. The SMILES string of the molecule is CCCCCCCCCCCCCCCCCC/C=C\I. The number of hydrogen-bond acceptors (Lipinski definition) is 0. The fourth-order valence-electron chi connectivity index (χ4n) is 2.87. The zero-order valence-electron chi connectivity index (χ0n) is 14.6. The third-order valence-corrected chi connectivity index (χ3v) is 4.82. The van der Waals surface area contributed by atoms with Crippen molar-refractivity contribution >= 4 is 22.6 Å². The van der Waals surface area contributed by atoms with E-state index in [1.54, 1.807) is 0 Å². The number of unbranched alkanes of at least 4 members (excludes halogenated alkanes) is 16. The Labute approximate surface area is 148 Å². The van der Waals surface area contributed by atoms with E-state index in [4.69, 9.17) is 0 Å². The molecule has 0 aliphatic carbocycles. The highest BCUT2D eigenvalue weighted by Crippen LogP contribution is 2.14. The van der Waals surface area contributed by atoms with E-state index in [9.17, 15) is 0 Å². The topological polar surface area (TPSA) is 0 Å². The minimum Gasteiger partial charge on any atom is -0.0785 e. The number of halogens is 1. The van der Waals surface area contributed by atoms with Crippen molar-refractivity contribution in [2.24, 2.45) is 0 Å². The van der Waals surface area contributed by atoms with Crippen LogP contribution in [0.2, 0.25) is 0 Å². The summed E-state index contributed by atoms with van der Waals surface area (Å²) >= 11 is 2.31. The van der Waals surface area contributed by atoms with Gasteiger partial charge in [-0.2, -0.15) is 0 Å². The van der Waals surface area contributed by atoms with Crippen LogP contribution in [0.5, 0.6) is 0 Å². The first-order chi connectivity index (χ1) is 10.4. The molecule has 0 radical (unpaired) electrons. The highest BCUT2D eigenvalue weighted by atomic mass is 127. The second-order valence-corrected chi connectivity index (χ2v) is 7.17. The van der Waals surface area contributed by atoms with Gasteiger partial charge in [0.05, 0.1) is 0 Å². The van der Waals surface area contributed by atoms with Crippen molar-refractivity contribution in [3.05, 3.63) is 10.2 Å². The van der Waals surface area contributed by atoms with Gasteiger partial charge in [-0.3, -0.25) is 0 Å². The standard InChI is InChI=1S/C20H39I/c1-2-3-4-5-6-7-8-9-10-11-12-13-14-15-16-17-18-19-20-21/h19-20H,2-18H2,1H3/b20-19-. The van der Waals surface area contributed by atoms with Crippen molar-refractivity contribution < 1.29 is 0 Å². The molecule has 1 heteroatoms. The van der Waals surface area contributed by atoms with Gasteiger partial charge in [-0.25, -0.2) is 0 Å². The van der Waals surface area contributed by atoms with Crippen molar-refractivity contribution in [2.75, 3.05) is 0 Å². The van der Waals surface area contributed by atoms with Crippen molar-refractivity contribution in [1.29, 1.82) is 0 Å². The Hall–Kier alpha value is 0.470. The zero-order chi connectivity index (χ0) is 15.4. The van der Waals surface area contributed by atoms with E-state index in [0.717, 1.165) is 0 Å². The Bertz CT molecular complexity index is 198. The molecular formula is C20H39I.